The van der Waals surface area contributed by atoms with E-state index in [-0.39, 0.29) is 18.3 Å². The number of aryl methyl sites for hydroxylation is 1. The fourth-order valence-corrected chi connectivity index (χ4v) is 5.70. The van der Waals surface area contributed by atoms with Crippen LogP contribution in [0.25, 0.3) is 11.3 Å². The summed E-state index contributed by atoms with van der Waals surface area (Å²) in [6.45, 7) is 11.7. The maximum atomic E-state index is 14.2. The van der Waals surface area contributed by atoms with Gasteiger partial charge in [-0.1, -0.05) is 49.6 Å². The molecular formula is C38H47FN6O3. The normalized spacial score (nSPS) is 13.4. The SMILES string of the molecule is CCCCCNc1ccc(C[C@H](NC(=O)OC(C)(C)C)C(=O)N2CCn3c(nc(-c4ccc(F)cc4)c3Nc3ccc(C)cc3)C2)cc1. The van der Waals surface area contributed by atoms with Gasteiger partial charge in [-0.3, -0.25) is 4.79 Å². The van der Waals surface area contributed by atoms with Gasteiger partial charge in [-0.05, 0) is 88.2 Å². The Bertz CT molecular complexity index is 1680. The number of aromatic nitrogens is 2. The molecule has 4 aromatic rings. The van der Waals surface area contributed by atoms with E-state index in [2.05, 4.69) is 27.4 Å². The number of carbonyl (C=O) groups is 2. The molecule has 3 aromatic carbocycles. The number of fused-ring (bicyclic) bond motifs is 1. The van der Waals surface area contributed by atoms with Crippen molar-refractivity contribution in [1.29, 1.82) is 0 Å². The average Bonchev–Trinajstić information content (AvgIpc) is 3.41. The fraction of sp³-hybridized carbons (Fsp3) is 0.395. The lowest BCUT2D eigenvalue weighted by atomic mass is 10.0. The van der Waals surface area contributed by atoms with E-state index >= 15 is 0 Å². The van der Waals surface area contributed by atoms with Gasteiger partial charge in [0.1, 0.15) is 34.8 Å². The molecule has 0 fully saturated rings. The minimum atomic E-state index is -0.841. The van der Waals surface area contributed by atoms with E-state index in [1.807, 2.05) is 55.5 Å². The van der Waals surface area contributed by atoms with Crippen LogP contribution in [-0.2, 0) is 29.0 Å². The molecule has 2 heterocycles. The van der Waals surface area contributed by atoms with Gasteiger partial charge in [0.25, 0.3) is 0 Å². The zero-order valence-electron chi connectivity index (χ0n) is 28.6. The highest BCUT2D eigenvalue weighted by Gasteiger charge is 2.32. The number of alkyl carbamates (subject to hydrolysis) is 1. The van der Waals surface area contributed by atoms with E-state index in [4.69, 9.17) is 9.72 Å². The molecule has 0 saturated heterocycles. The Kier molecular flexibility index (Phi) is 11.0. The highest BCUT2D eigenvalue weighted by molar-refractivity contribution is 5.86. The van der Waals surface area contributed by atoms with E-state index in [1.165, 1.54) is 25.0 Å². The van der Waals surface area contributed by atoms with Crippen molar-refractivity contribution in [3.05, 3.63) is 95.6 Å². The number of unbranched alkanes of at least 4 members (excludes halogenated alkanes) is 2. The van der Waals surface area contributed by atoms with Gasteiger partial charge in [-0.15, -0.1) is 0 Å². The number of hydrogen-bond acceptors (Lipinski definition) is 6. The molecule has 10 heteroatoms. The van der Waals surface area contributed by atoms with Crippen LogP contribution in [-0.4, -0.2) is 51.2 Å². The van der Waals surface area contributed by atoms with E-state index in [9.17, 15) is 14.0 Å². The van der Waals surface area contributed by atoms with Gasteiger partial charge in [-0.2, -0.15) is 0 Å². The van der Waals surface area contributed by atoms with Crippen LogP contribution >= 0.6 is 0 Å². The minimum Gasteiger partial charge on any atom is -0.444 e. The van der Waals surface area contributed by atoms with Crippen LogP contribution in [0, 0.1) is 12.7 Å². The van der Waals surface area contributed by atoms with Crippen LogP contribution in [0.1, 0.15) is 63.9 Å². The Morgan fingerprint density at radius 1 is 0.938 bits per heavy atom. The summed E-state index contributed by atoms with van der Waals surface area (Å²) in [5.41, 5.74) is 4.71. The Labute approximate surface area is 282 Å². The van der Waals surface area contributed by atoms with Crippen molar-refractivity contribution in [2.75, 3.05) is 23.7 Å². The van der Waals surface area contributed by atoms with Gasteiger partial charge in [0.05, 0.1) is 6.54 Å². The lowest BCUT2D eigenvalue weighted by molar-refractivity contribution is -0.135. The summed E-state index contributed by atoms with van der Waals surface area (Å²) in [5, 5.41) is 9.81. The summed E-state index contributed by atoms with van der Waals surface area (Å²) in [6, 6.07) is 21.5. The lowest BCUT2D eigenvalue weighted by Gasteiger charge is -2.32. The quantitative estimate of drug-likeness (QED) is 0.135. The van der Waals surface area contributed by atoms with E-state index in [0.717, 1.165) is 46.8 Å². The van der Waals surface area contributed by atoms with Gasteiger partial charge in [0.15, 0.2) is 0 Å². The van der Waals surface area contributed by atoms with E-state index < -0.39 is 17.7 Å². The topological polar surface area (TPSA) is 101 Å². The van der Waals surface area contributed by atoms with Crippen LogP contribution in [0.4, 0.5) is 26.4 Å². The summed E-state index contributed by atoms with van der Waals surface area (Å²) in [7, 11) is 0. The van der Waals surface area contributed by atoms with Gasteiger partial charge < -0.3 is 30.2 Å². The first-order chi connectivity index (χ1) is 23.0. The first kappa shape index (κ1) is 34.5. The molecule has 0 unspecified atom stereocenters. The predicted molar refractivity (Wildman–Crippen MR) is 189 cm³/mol. The number of nitrogens with one attached hydrogen (secondary N) is 3. The summed E-state index contributed by atoms with van der Waals surface area (Å²) >= 11 is 0. The molecule has 1 aliphatic rings. The zero-order chi connectivity index (χ0) is 34.3. The Morgan fingerprint density at radius 2 is 1.62 bits per heavy atom. The molecule has 3 N–H and O–H groups in total. The molecular weight excluding hydrogens is 607 g/mol. The number of amides is 2. The van der Waals surface area contributed by atoms with Crippen LogP contribution in [0.5, 0.6) is 0 Å². The molecule has 0 radical (unpaired) electrons. The van der Waals surface area contributed by atoms with Gasteiger partial charge in [-0.25, -0.2) is 14.2 Å². The number of imidazole rings is 1. The number of carbonyl (C=O) groups excluding carboxylic acids is 2. The number of nitrogens with zero attached hydrogens (tertiary/aromatic N) is 3. The van der Waals surface area contributed by atoms with Crippen molar-refractivity contribution in [3.8, 4) is 11.3 Å². The van der Waals surface area contributed by atoms with Gasteiger partial charge >= 0.3 is 6.09 Å². The summed E-state index contributed by atoms with van der Waals surface area (Å²) in [4.78, 5) is 33.8. The summed E-state index contributed by atoms with van der Waals surface area (Å²) in [6.07, 6.45) is 3.12. The van der Waals surface area contributed by atoms with Crippen molar-refractivity contribution in [2.24, 2.45) is 0 Å². The van der Waals surface area contributed by atoms with E-state index in [1.54, 1.807) is 37.8 Å². The molecule has 0 aliphatic carbocycles. The monoisotopic (exact) mass is 654 g/mol. The van der Waals surface area contributed by atoms with Gasteiger partial charge in [0.2, 0.25) is 5.91 Å². The average molecular weight is 655 g/mol. The molecule has 254 valence electrons. The number of halogens is 1. The lowest BCUT2D eigenvalue weighted by Crippen LogP contribution is -2.52. The predicted octanol–water partition coefficient (Wildman–Crippen LogP) is 7.82. The molecule has 2 amide bonds. The summed E-state index contributed by atoms with van der Waals surface area (Å²) < 4.78 is 21.5. The largest absolute Gasteiger partial charge is 0.444 e. The third-order valence-corrected chi connectivity index (χ3v) is 8.21. The molecule has 0 bridgehead atoms. The fourth-order valence-electron chi connectivity index (χ4n) is 5.70. The van der Waals surface area contributed by atoms with Crippen LogP contribution in [0.3, 0.4) is 0 Å². The maximum Gasteiger partial charge on any atom is 0.408 e. The number of anilines is 3. The van der Waals surface area contributed by atoms with Crippen molar-refractivity contribution in [1.82, 2.24) is 19.8 Å². The highest BCUT2D eigenvalue weighted by Crippen LogP contribution is 2.33. The molecule has 9 nitrogen and oxygen atoms in total. The Balaban J connectivity index is 1.38. The highest BCUT2D eigenvalue weighted by atomic mass is 19.1. The number of benzene rings is 3. The van der Waals surface area contributed by atoms with E-state index in [0.29, 0.717) is 31.0 Å². The van der Waals surface area contributed by atoms with Crippen molar-refractivity contribution in [3.63, 3.8) is 0 Å². The second kappa shape index (κ2) is 15.4. The molecule has 1 aromatic heterocycles. The van der Waals surface area contributed by atoms with Crippen molar-refractivity contribution >= 4 is 29.2 Å². The van der Waals surface area contributed by atoms with Gasteiger partial charge in [0, 0.05) is 43.0 Å². The molecule has 5 rings (SSSR count). The Morgan fingerprint density at radius 3 is 2.29 bits per heavy atom. The van der Waals surface area contributed by atoms with Crippen molar-refractivity contribution < 1.29 is 18.7 Å². The number of ether oxygens (including phenoxy) is 1. The second-order valence-corrected chi connectivity index (χ2v) is 13.4. The zero-order valence-corrected chi connectivity index (χ0v) is 28.6. The third-order valence-electron chi connectivity index (χ3n) is 8.21. The van der Waals surface area contributed by atoms with Crippen molar-refractivity contribution in [2.45, 2.75) is 85.0 Å². The minimum absolute atomic E-state index is 0.215. The molecule has 1 aliphatic heterocycles. The standard InChI is InChI=1S/C38H47FN6O3/c1-6-7-8-21-40-30-19-11-27(12-20-30)24-32(42-37(47)48-38(3,4)5)36(46)44-22-23-45-33(25-44)43-34(28-13-15-29(39)16-14-28)35(45)41-31-17-9-26(2)10-18-31/h9-20,32,40-41H,6-8,21-25H2,1-5H3,(H,42,47)/t32-/m0/s1. The smallest absolute Gasteiger partial charge is 0.408 e. The molecule has 0 spiro atoms. The van der Waals surface area contributed by atoms with Crippen LogP contribution < -0.4 is 16.0 Å². The Hall–Kier alpha value is -4.86. The van der Waals surface area contributed by atoms with Crippen LogP contribution in [0.15, 0.2) is 72.8 Å². The third kappa shape index (κ3) is 9.14. The number of rotatable bonds is 12. The molecule has 48 heavy (non-hydrogen) atoms. The first-order valence-corrected chi connectivity index (χ1v) is 16.8. The first-order valence-electron chi connectivity index (χ1n) is 16.8. The van der Waals surface area contributed by atoms with Crippen LogP contribution in [0.2, 0.25) is 0 Å². The summed E-state index contributed by atoms with van der Waals surface area (Å²) in [5.74, 6) is 0.930. The number of hydrogen-bond donors (Lipinski definition) is 3. The molecule has 0 saturated carbocycles. The molecule has 1 atom stereocenters. The second-order valence-electron chi connectivity index (χ2n) is 13.4. The maximum absolute atomic E-state index is 14.2.